The smallest absolute Gasteiger partial charge is 0.221 e. The second kappa shape index (κ2) is 7.72. The van der Waals surface area contributed by atoms with Gasteiger partial charge in [-0.05, 0) is 29.8 Å². The van der Waals surface area contributed by atoms with Gasteiger partial charge in [0.2, 0.25) is 11.8 Å². The summed E-state index contributed by atoms with van der Waals surface area (Å²) in [5.74, 6) is 0.937. The number of carbonyl (C=O) groups is 1. The molecule has 0 saturated carbocycles. The van der Waals surface area contributed by atoms with E-state index in [2.05, 4.69) is 15.2 Å². The third-order valence-corrected chi connectivity index (χ3v) is 4.75. The van der Waals surface area contributed by atoms with Crippen LogP contribution in [-0.4, -0.2) is 28.9 Å². The van der Waals surface area contributed by atoms with Crippen LogP contribution < -0.4 is 5.32 Å². The number of oxazole rings is 1. The maximum absolute atomic E-state index is 13.1. The van der Waals surface area contributed by atoms with Gasteiger partial charge in [0.25, 0.3) is 0 Å². The van der Waals surface area contributed by atoms with Crippen LogP contribution in [0.25, 0.3) is 11.3 Å². The Bertz CT molecular complexity index is 909. The zero-order chi connectivity index (χ0) is 18.6. The Hall–Kier alpha value is -2.99. The Balaban J connectivity index is 1.56. The lowest BCUT2D eigenvalue weighted by atomic mass is 10.0. The highest BCUT2D eigenvalue weighted by Gasteiger charge is 2.27. The molecular weight excluding hydrogens is 345 g/mol. The van der Waals surface area contributed by atoms with Crippen LogP contribution in [0.4, 0.5) is 4.39 Å². The molecule has 0 aliphatic carbocycles. The average Bonchev–Trinajstić information content (AvgIpc) is 3.07. The number of rotatable bonds is 4. The molecule has 1 saturated heterocycles. The summed E-state index contributed by atoms with van der Waals surface area (Å²) in [4.78, 5) is 18.7. The summed E-state index contributed by atoms with van der Waals surface area (Å²) >= 11 is 0. The number of nitrogens with zero attached hydrogens (tertiary/aromatic N) is 2. The first-order valence-corrected chi connectivity index (χ1v) is 8.95. The molecule has 6 heteroatoms. The van der Waals surface area contributed by atoms with E-state index < -0.39 is 0 Å². The summed E-state index contributed by atoms with van der Waals surface area (Å²) in [7, 11) is 0. The lowest BCUT2D eigenvalue weighted by molar-refractivity contribution is -0.121. The van der Waals surface area contributed by atoms with Gasteiger partial charge in [0.15, 0.2) is 5.76 Å². The van der Waals surface area contributed by atoms with Gasteiger partial charge in [-0.3, -0.25) is 9.69 Å². The lowest BCUT2D eigenvalue weighted by Gasteiger charge is -2.28. The fraction of sp³-hybridized carbons (Fsp3) is 0.238. The van der Waals surface area contributed by atoms with Gasteiger partial charge < -0.3 is 9.73 Å². The molecule has 4 rings (SSSR count). The van der Waals surface area contributed by atoms with Crippen molar-refractivity contribution in [2.24, 2.45) is 0 Å². The molecule has 138 valence electrons. The second-order valence-electron chi connectivity index (χ2n) is 6.58. The van der Waals surface area contributed by atoms with Crippen LogP contribution in [0.15, 0.2) is 65.2 Å². The van der Waals surface area contributed by atoms with Gasteiger partial charge in [-0.1, -0.05) is 30.3 Å². The molecule has 27 heavy (non-hydrogen) atoms. The van der Waals surface area contributed by atoms with Crippen LogP contribution >= 0.6 is 0 Å². The molecule has 5 nitrogen and oxygen atoms in total. The van der Waals surface area contributed by atoms with Crippen LogP contribution in [-0.2, 0) is 11.3 Å². The number of hydrogen-bond acceptors (Lipinski definition) is 4. The molecule has 1 N–H and O–H groups in total. The molecule has 0 spiro atoms. The molecule has 0 bridgehead atoms. The van der Waals surface area contributed by atoms with Crippen molar-refractivity contribution in [3.05, 3.63) is 78.1 Å². The number of amides is 1. The van der Waals surface area contributed by atoms with Crippen molar-refractivity contribution in [2.75, 3.05) is 13.1 Å². The number of hydrogen-bond donors (Lipinski definition) is 1. The average molecular weight is 365 g/mol. The van der Waals surface area contributed by atoms with Crippen LogP contribution in [0.2, 0.25) is 0 Å². The van der Waals surface area contributed by atoms with Crippen LogP contribution in [0.5, 0.6) is 0 Å². The number of benzene rings is 2. The first-order chi connectivity index (χ1) is 13.2. The Morgan fingerprint density at radius 1 is 1.15 bits per heavy atom. The largest absolute Gasteiger partial charge is 0.439 e. The van der Waals surface area contributed by atoms with E-state index in [0.717, 1.165) is 11.1 Å². The predicted octanol–water partition coefficient (Wildman–Crippen LogP) is 3.54. The number of nitrogens with one attached hydrogen (secondary N) is 1. The molecule has 2 heterocycles. The summed E-state index contributed by atoms with van der Waals surface area (Å²) in [5, 5.41) is 2.93. The Kier molecular flexibility index (Phi) is 4.98. The first-order valence-electron chi connectivity index (χ1n) is 8.95. The highest BCUT2D eigenvalue weighted by Crippen LogP contribution is 2.28. The molecule has 1 fully saturated rings. The van der Waals surface area contributed by atoms with Gasteiger partial charge in [-0.25, -0.2) is 9.37 Å². The maximum Gasteiger partial charge on any atom is 0.221 e. The highest BCUT2D eigenvalue weighted by molar-refractivity contribution is 5.77. The van der Waals surface area contributed by atoms with E-state index in [1.807, 2.05) is 30.3 Å². The van der Waals surface area contributed by atoms with Crippen molar-refractivity contribution >= 4 is 5.91 Å². The molecule has 1 amide bonds. The monoisotopic (exact) mass is 365 g/mol. The molecule has 2 aromatic carbocycles. The molecule has 1 aliphatic heterocycles. The fourth-order valence-electron chi connectivity index (χ4n) is 3.37. The standard InChI is InChI=1S/C21H20FN3O2/c22-17-8-6-16(7-9-17)19-13-24-21(27-19)14-25-11-10-23-20(26)12-18(25)15-4-2-1-3-5-15/h1-9,13,18H,10-12,14H2,(H,23,26)/t18-/m0/s1. The summed E-state index contributed by atoms with van der Waals surface area (Å²) in [6.07, 6.45) is 2.05. The molecule has 1 aliphatic rings. The van der Waals surface area contributed by atoms with Crippen LogP contribution in [0.3, 0.4) is 0 Å². The third kappa shape index (κ3) is 4.06. The first kappa shape index (κ1) is 17.4. The minimum absolute atomic E-state index is 0.0325. The minimum atomic E-state index is -0.286. The topological polar surface area (TPSA) is 58.4 Å². The van der Waals surface area contributed by atoms with Crippen LogP contribution in [0, 0.1) is 5.82 Å². The van der Waals surface area contributed by atoms with Crippen molar-refractivity contribution in [3.8, 4) is 11.3 Å². The Morgan fingerprint density at radius 3 is 2.70 bits per heavy atom. The van der Waals surface area contributed by atoms with Crippen molar-refractivity contribution in [1.29, 1.82) is 0 Å². The fourth-order valence-corrected chi connectivity index (χ4v) is 3.37. The third-order valence-electron chi connectivity index (χ3n) is 4.75. The van der Waals surface area contributed by atoms with Crippen molar-refractivity contribution in [1.82, 2.24) is 15.2 Å². The van der Waals surface area contributed by atoms with Gasteiger partial charge in [0.05, 0.1) is 12.7 Å². The Labute approximate surface area is 156 Å². The van der Waals surface area contributed by atoms with E-state index >= 15 is 0 Å². The van der Waals surface area contributed by atoms with E-state index in [0.29, 0.717) is 37.7 Å². The van der Waals surface area contributed by atoms with Crippen molar-refractivity contribution in [3.63, 3.8) is 0 Å². The normalized spacial score (nSPS) is 18.1. The van der Waals surface area contributed by atoms with E-state index in [9.17, 15) is 9.18 Å². The van der Waals surface area contributed by atoms with Gasteiger partial charge in [-0.2, -0.15) is 0 Å². The van der Waals surface area contributed by atoms with Gasteiger partial charge in [0.1, 0.15) is 5.82 Å². The molecule has 1 atom stereocenters. The Morgan fingerprint density at radius 2 is 1.93 bits per heavy atom. The summed E-state index contributed by atoms with van der Waals surface area (Å²) < 4.78 is 19.0. The molecule has 3 aromatic rings. The predicted molar refractivity (Wildman–Crippen MR) is 99.1 cm³/mol. The highest BCUT2D eigenvalue weighted by atomic mass is 19.1. The van der Waals surface area contributed by atoms with Gasteiger partial charge >= 0.3 is 0 Å². The summed E-state index contributed by atoms with van der Waals surface area (Å²) in [6, 6.07) is 16.1. The van der Waals surface area contributed by atoms with Gasteiger partial charge in [0, 0.05) is 31.1 Å². The number of carbonyl (C=O) groups excluding carboxylic acids is 1. The lowest BCUT2D eigenvalue weighted by Crippen LogP contribution is -2.30. The molecule has 0 radical (unpaired) electrons. The van der Waals surface area contributed by atoms with E-state index in [1.165, 1.54) is 12.1 Å². The maximum atomic E-state index is 13.1. The van der Waals surface area contributed by atoms with E-state index in [-0.39, 0.29) is 17.8 Å². The second-order valence-corrected chi connectivity index (χ2v) is 6.58. The van der Waals surface area contributed by atoms with Crippen LogP contribution in [0.1, 0.15) is 23.9 Å². The summed E-state index contributed by atoms with van der Waals surface area (Å²) in [5.41, 5.74) is 1.88. The molecular formula is C21H20FN3O2. The van der Waals surface area contributed by atoms with Crippen molar-refractivity contribution < 1.29 is 13.6 Å². The summed E-state index contributed by atoms with van der Waals surface area (Å²) in [6.45, 7) is 1.79. The number of aromatic nitrogens is 1. The zero-order valence-corrected chi connectivity index (χ0v) is 14.8. The minimum Gasteiger partial charge on any atom is -0.439 e. The quantitative estimate of drug-likeness (QED) is 0.768. The van der Waals surface area contributed by atoms with E-state index in [1.54, 1.807) is 18.3 Å². The molecule has 0 unspecified atom stereocenters. The van der Waals surface area contributed by atoms with Crippen molar-refractivity contribution in [2.45, 2.75) is 19.0 Å². The number of halogens is 1. The SMILES string of the molecule is O=C1C[C@@H](c2ccccc2)N(Cc2ncc(-c3ccc(F)cc3)o2)CCN1. The molecule has 1 aromatic heterocycles. The zero-order valence-electron chi connectivity index (χ0n) is 14.8. The van der Waals surface area contributed by atoms with E-state index in [4.69, 9.17) is 4.42 Å². The van der Waals surface area contributed by atoms with Gasteiger partial charge in [-0.15, -0.1) is 0 Å².